The second-order valence-corrected chi connectivity index (χ2v) is 7.45. The molecule has 120 valence electrons. The third-order valence-electron chi connectivity index (χ3n) is 4.85. The number of carbonyl (C=O) groups is 2. The van der Waals surface area contributed by atoms with Crippen LogP contribution >= 0.6 is 0 Å². The van der Waals surface area contributed by atoms with Gasteiger partial charge >= 0.3 is 12.1 Å². The monoisotopic (exact) mass is 297 g/mol. The van der Waals surface area contributed by atoms with Crippen molar-refractivity contribution in [2.45, 2.75) is 64.9 Å². The molecule has 1 atom stereocenters. The Labute approximate surface area is 126 Å². The van der Waals surface area contributed by atoms with E-state index in [4.69, 9.17) is 9.47 Å². The molecule has 5 nitrogen and oxygen atoms in total. The van der Waals surface area contributed by atoms with E-state index in [1.807, 2.05) is 20.8 Å². The summed E-state index contributed by atoms with van der Waals surface area (Å²) in [6, 6.07) is 0. The first-order valence-electron chi connectivity index (χ1n) is 7.80. The van der Waals surface area contributed by atoms with E-state index in [0.29, 0.717) is 6.54 Å². The van der Waals surface area contributed by atoms with Gasteiger partial charge in [-0.15, -0.1) is 0 Å². The summed E-state index contributed by atoms with van der Waals surface area (Å²) in [5.41, 5.74) is -1.04. The molecule has 2 aliphatic carbocycles. The summed E-state index contributed by atoms with van der Waals surface area (Å²) in [6.45, 7) is 5.78. The zero-order chi connectivity index (χ0) is 15.7. The zero-order valence-electron chi connectivity index (χ0n) is 13.6. The van der Waals surface area contributed by atoms with Gasteiger partial charge in [-0.1, -0.05) is 19.3 Å². The lowest BCUT2D eigenvalue weighted by molar-refractivity contribution is -0.148. The molecule has 1 unspecified atom stereocenters. The average molecular weight is 297 g/mol. The van der Waals surface area contributed by atoms with Crippen molar-refractivity contribution in [2.75, 3.05) is 13.7 Å². The molecule has 1 spiro atoms. The smallest absolute Gasteiger partial charge is 0.407 e. The van der Waals surface area contributed by atoms with Gasteiger partial charge in [0.25, 0.3) is 0 Å². The van der Waals surface area contributed by atoms with Crippen molar-refractivity contribution in [3.8, 4) is 0 Å². The van der Waals surface area contributed by atoms with Crippen LogP contribution in [-0.4, -0.2) is 31.3 Å². The van der Waals surface area contributed by atoms with Crippen molar-refractivity contribution in [3.05, 3.63) is 0 Å². The van der Waals surface area contributed by atoms with Gasteiger partial charge in [-0.05, 0) is 45.4 Å². The maximum absolute atomic E-state index is 12.3. The van der Waals surface area contributed by atoms with Gasteiger partial charge in [0, 0.05) is 6.54 Å². The van der Waals surface area contributed by atoms with E-state index in [9.17, 15) is 9.59 Å². The Morgan fingerprint density at radius 1 is 1.14 bits per heavy atom. The fourth-order valence-electron chi connectivity index (χ4n) is 3.76. The maximum atomic E-state index is 12.3. The van der Waals surface area contributed by atoms with Crippen LogP contribution < -0.4 is 5.32 Å². The van der Waals surface area contributed by atoms with Crippen molar-refractivity contribution >= 4 is 12.1 Å². The topological polar surface area (TPSA) is 64.6 Å². The number of amides is 1. The van der Waals surface area contributed by atoms with Crippen LogP contribution in [0.1, 0.15) is 59.3 Å². The van der Waals surface area contributed by atoms with Crippen molar-refractivity contribution in [1.82, 2.24) is 5.32 Å². The van der Waals surface area contributed by atoms with E-state index in [1.54, 1.807) is 0 Å². The number of ether oxygens (including phenoxy) is 2. The van der Waals surface area contributed by atoms with Crippen molar-refractivity contribution in [3.63, 3.8) is 0 Å². The van der Waals surface area contributed by atoms with Crippen molar-refractivity contribution < 1.29 is 19.1 Å². The molecule has 2 rings (SSSR count). The number of hydrogen-bond acceptors (Lipinski definition) is 4. The fourth-order valence-corrected chi connectivity index (χ4v) is 3.76. The predicted octanol–water partition coefficient (Wildman–Crippen LogP) is 3.02. The number of carbonyl (C=O) groups excluding carboxylic acids is 2. The Kier molecular flexibility index (Phi) is 4.22. The fraction of sp³-hybridized carbons (Fsp3) is 0.875. The molecule has 5 heteroatoms. The summed E-state index contributed by atoms with van der Waals surface area (Å²) >= 11 is 0. The van der Waals surface area contributed by atoms with Gasteiger partial charge in [-0.25, -0.2) is 4.79 Å². The van der Waals surface area contributed by atoms with Crippen LogP contribution in [0.3, 0.4) is 0 Å². The molecular weight excluding hydrogens is 270 g/mol. The summed E-state index contributed by atoms with van der Waals surface area (Å²) in [6.07, 6.45) is 6.01. The van der Waals surface area contributed by atoms with Gasteiger partial charge in [-0.2, -0.15) is 0 Å². The Morgan fingerprint density at radius 3 is 2.29 bits per heavy atom. The standard InChI is InChI=1S/C16H27NO4/c1-14(2,3)21-13(19)17-11-16(12(18)20-4)10-15(16)8-6-5-7-9-15/h5-11H2,1-4H3,(H,17,19). The van der Waals surface area contributed by atoms with Crippen LogP contribution in [-0.2, 0) is 14.3 Å². The average Bonchev–Trinajstić information content (AvgIpc) is 3.02. The van der Waals surface area contributed by atoms with Gasteiger partial charge in [0.2, 0.25) is 0 Å². The van der Waals surface area contributed by atoms with Crippen LogP contribution in [0.4, 0.5) is 4.79 Å². The highest BCUT2D eigenvalue weighted by molar-refractivity contribution is 5.83. The quantitative estimate of drug-likeness (QED) is 0.813. The summed E-state index contributed by atoms with van der Waals surface area (Å²) in [7, 11) is 1.42. The highest BCUT2D eigenvalue weighted by Gasteiger charge is 2.71. The number of hydrogen-bond donors (Lipinski definition) is 1. The SMILES string of the molecule is COC(=O)C1(CNC(=O)OC(C)(C)C)CC12CCCCC2. The van der Waals surface area contributed by atoms with Crippen LogP contribution in [0, 0.1) is 10.8 Å². The number of esters is 1. The highest BCUT2D eigenvalue weighted by Crippen LogP contribution is 2.70. The van der Waals surface area contributed by atoms with E-state index < -0.39 is 17.1 Å². The van der Waals surface area contributed by atoms with E-state index in [2.05, 4.69) is 5.32 Å². The van der Waals surface area contributed by atoms with Crippen LogP contribution in [0.5, 0.6) is 0 Å². The minimum absolute atomic E-state index is 0.0351. The number of alkyl carbamates (subject to hydrolysis) is 1. The molecule has 2 aliphatic rings. The normalized spacial score (nSPS) is 27.0. The molecule has 1 amide bonds. The Morgan fingerprint density at radius 2 is 1.76 bits per heavy atom. The minimum Gasteiger partial charge on any atom is -0.469 e. The van der Waals surface area contributed by atoms with Gasteiger partial charge in [0.15, 0.2) is 0 Å². The molecule has 0 aliphatic heterocycles. The molecule has 0 aromatic heterocycles. The van der Waals surface area contributed by atoms with Crippen molar-refractivity contribution in [2.24, 2.45) is 10.8 Å². The maximum Gasteiger partial charge on any atom is 0.407 e. The van der Waals surface area contributed by atoms with Crippen LogP contribution in [0.2, 0.25) is 0 Å². The predicted molar refractivity (Wildman–Crippen MR) is 78.8 cm³/mol. The molecule has 0 bridgehead atoms. The molecule has 0 aromatic carbocycles. The van der Waals surface area contributed by atoms with Crippen molar-refractivity contribution in [1.29, 1.82) is 0 Å². The number of nitrogens with one attached hydrogen (secondary N) is 1. The second kappa shape index (κ2) is 5.50. The van der Waals surface area contributed by atoms with Crippen LogP contribution in [0.15, 0.2) is 0 Å². The first-order chi connectivity index (χ1) is 9.75. The summed E-state index contributed by atoms with van der Waals surface area (Å²) in [4.78, 5) is 24.1. The molecule has 1 N–H and O–H groups in total. The minimum atomic E-state index is -0.543. The van der Waals surface area contributed by atoms with E-state index in [0.717, 1.165) is 32.1 Å². The Hall–Kier alpha value is -1.26. The van der Waals surface area contributed by atoms with E-state index >= 15 is 0 Å². The van der Waals surface area contributed by atoms with E-state index in [-0.39, 0.29) is 11.4 Å². The molecule has 0 saturated heterocycles. The summed E-state index contributed by atoms with van der Waals surface area (Å²) < 4.78 is 10.3. The van der Waals surface area contributed by atoms with Gasteiger partial charge < -0.3 is 14.8 Å². The summed E-state index contributed by atoms with van der Waals surface area (Å²) in [5.74, 6) is -0.194. The second-order valence-electron chi connectivity index (χ2n) is 7.45. The third-order valence-corrected chi connectivity index (χ3v) is 4.85. The molecule has 0 aromatic rings. The molecule has 0 heterocycles. The lowest BCUT2D eigenvalue weighted by Gasteiger charge is -2.28. The first kappa shape index (κ1) is 16.1. The largest absolute Gasteiger partial charge is 0.469 e. The van der Waals surface area contributed by atoms with Gasteiger partial charge in [0.05, 0.1) is 12.5 Å². The van der Waals surface area contributed by atoms with Gasteiger partial charge in [-0.3, -0.25) is 4.79 Å². The molecule has 21 heavy (non-hydrogen) atoms. The first-order valence-corrected chi connectivity index (χ1v) is 7.80. The number of methoxy groups -OCH3 is 1. The van der Waals surface area contributed by atoms with E-state index in [1.165, 1.54) is 13.5 Å². The Balaban J connectivity index is 2.00. The zero-order valence-corrected chi connectivity index (χ0v) is 13.6. The molecule has 2 saturated carbocycles. The Bertz CT molecular complexity index is 420. The lowest BCUT2D eigenvalue weighted by atomic mass is 9.79. The summed E-state index contributed by atoms with van der Waals surface area (Å²) in [5, 5.41) is 2.77. The highest BCUT2D eigenvalue weighted by atomic mass is 16.6. The molecule has 0 radical (unpaired) electrons. The third kappa shape index (κ3) is 3.16. The van der Waals surface area contributed by atoms with Crippen LogP contribution in [0.25, 0.3) is 0 Å². The molecular formula is C16H27NO4. The molecule has 2 fully saturated rings. The number of rotatable bonds is 3. The van der Waals surface area contributed by atoms with Gasteiger partial charge in [0.1, 0.15) is 5.60 Å². The lowest BCUT2D eigenvalue weighted by Crippen LogP contribution is -2.41.